The van der Waals surface area contributed by atoms with Crippen LogP contribution in [0, 0.1) is 0 Å². The normalized spacial score (nSPS) is 23.4. The van der Waals surface area contributed by atoms with Gasteiger partial charge in [-0.05, 0) is 49.6 Å². The Bertz CT molecular complexity index is 973. The molecule has 30 heavy (non-hydrogen) atoms. The van der Waals surface area contributed by atoms with E-state index in [1.165, 1.54) is 0 Å². The van der Waals surface area contributed by atoms with Gasteiger partial charge in [-0.15, -0.1) is 0 Å². The molecule has 0 radical (unpaired) electrons. The first-order valence-corrected chi connectivity index (χ1v) is 11.1. The number of ether oxygens (including phenoxy) is 2. The summed E-state index contributed by atoms with van der Waals surface area (Å²) < 4.78 is 26.6. The molecular formula is C20H26BrClFN5O2. The molecule has 3 aliphatic heterocycles. The van der Waals surface area contributed by atoms with Crippen LogP contribution in [-0.2, 0) is 4.74 Å². The molecule has 7 nitrogen and oxygen atoms in total. The Hall–Kier alpha value is -1.55. The van der Waals surface area contributed by atoms with Crippen molar-refractivity contribution in [2.75, 3.05) is 54.1 Å². The lowest BCUT2D eigenvalue weighted by Gasteiger charge is -2.26. The van der Waals surface area contributed by atoms with Gasteiger partial charge in [0.05, 0.1) is 21.8 Å². The predicted octanol–water partition coefficient (Wildman–Crippen LogP) is 1.46. The quantitative estimate of drug-likeness (QED) is 0.636. The van der Waals surface area contributed by atoms with Crippen molar-refractivity contribution in [3.63, 3.8) is 0 Å². The number of likely N-dealkylation sites (N-methyl/N-ethyl adjacent to an activating group) is 2. The van der Waals surface area contributed by atoms with Crippen LogP contribution in [0.25, 0.3) is 5.82 Å². The minimum absolute atomic E-state index is 0.0159. The van der Waals surface area contributed by atoms with E-state index in [0.29, 0.717) is 59.3 Å². The van der Waals surface area contributed by atoms with Crippen molar-refractivity contribution >= 4 is 33.4 Å². The van der Waals surface area contributed by atoms with Crippen LogP contribution in [0.15, 0.2) is 27.7 Å². The van der Waals surface area contributed by atoms with Gasteiger partial charge in [0, 0.05) is 30.1 Å². The van der Waals surface area contributed by atoms with Crippen LogP contribution in [-0.4, -0.2) is 81.0 Å². The molecular weight excluding hydrogens is 477 g/mol. The topological polar surface area (TPSA) is 52.6 Å². The Balaban J connectivity index is 1.68. The number of nitrogens with one attached hydrogen (secondary N) is 1. The molecule has 1 fully saturated rings. The number of nitrogens with zero attached hydrogens (tertiary/aromatic N) is 4. The average Bonchev–Trinajstić information content (AvgIpc) is 2.94. The summed E-state index contributed by atoms with van der Waals surface area (Å²) >= 11 is 10.0. The minimum Gasteiger partial charge on any atom is -0.462 e. The SMILES string of the molecule is CN(C)CCN1C=C(OC[C@@H]2C[C@@H](F)CN2C)Oc2cc(Br)c(Cl)c3c2=C1NCN=3. The first-order valence-electron chi connectivity index (χ1n) is 9.92. The van der Waals surface area contributed by atoms with Crippen LogP contribution >= 0.6 is 27.5 Å². The average molecular weight is 503 g/mol. The number of rotatable bonds is 6. The maximum absolute atomic E-state index is 13.7. The summed E-state index contributed by atoms with van der Waals surface area (Å²) in [6.45, 7) is 2.76. The smallest absolute Gasteiger partial charge is 0.301 e. The zero-order chi connectivity index (χ0) is 21.4. The van der Waals surface area contributed by atoms with Gasteiger partial charge in [-0.2, -0.15) is 0 Å². The van der Waals surface area contributed by atoms with Gasteiger partial charge < -0.3 is 24.6 Å². The molecule has 10 heteroatoms. The van der Waals surface area contributed by atoms with Crippen molar-refractivity contribution in [1.29, 1.82) is 0 Å². The molecule has 164 valence electrons. The second-order valence-electron chi connectivity index (χ2n) is 8.02. The van der Waals surface area contributed by atoms with Crippen LogP contribution in [0.1, 0.15) is 6.42 Å². The van der Waals surface area contributed by atoms with Crippen molar-refractivity contribution in [3.8, 4) is 5.75 Å². The van der Waals surface area contributed by atoms with Gasteiger partial charge in [-0.1, -0.05) is 11.6 Å². The van der Waals surface area contributed by atoms with E-state index in [2.05, 4.69) is 36.0 Å². The molecule has 0 saturated carbocycles. The van der Waals surface area contributed by atoms with Crippen LogP contribution in [0.3, 0.4) is 0 Å². The molecule has 1 aromatic carbocycles. The lowest BCUT2D eigenvalue weighted by atomic mass is 10.2. The van der Waals surface area contributed by atoms with E-state index in [-0.39, 0.29) is 6.04 Å². The van der Waals surface area contributed by atoms with E-state index in [9.17, 15) is 4.39 Å². The summed E-state index contributed by atoms with van der Waals surface area (Å²) in [5, 5.41) is 5.40. The molecule has 0 aliphatic carbocycles. The van der Waals surface area contributed by atoms with E-state index in [4.69, 9.17) is 21.1 Å². The molecule has 0 unspecified atom stereocenters. The van der Waals surface area contributed by atoms with E-state index in [1.54, 1.807) is 0 Å². The fourth-order valence-electron chi connectivity index (χ4n) is 3.84. The molecule has 1 N–H and O–H groups in total. The van der Waals surface area contributed by atoms with Crippen molar-refractivity contribution in [2.45, 2.75) is 18.6 Å². The summed E-state index contributed by atoms with van der Waals surface area (Å²) in [7, 11) is 5.97. The van der Waals surface area contributed by atoms with Gasteiger partial charge in [0.1, 0.15) is 31.0 Å². The van der Waals surface area contributed by atoms with Gasteiger partial charge in [0.2, 0.25) is 0 Å². The third-order valence-corrected chi connectivity index (χ3v) is 6.72. The van der Waals surface area contributed by atoms with Crippen molar-refractivity contribution in [3.05, 3.63) is 38.3 Å². The van der Waals surface area contributed by atoms with Crippen molar-refractivity contribution < 1.29 is 13.9 Å². The Morgan fingerprint density at radius 1 is 1.47 bits per heavy atom. The Morgan fingerprint density at radius 2 is 2.27 bits per heavy atom. The maximum Gasteiger partial charge on any atom is 0.301 e. The molecule has 4 rings (SSSR count). The van der Waals surface area contributed by atoms with Gasteiger partial charge in [0.15, 0.2) is 0 Å². The highest BCUT2D eigenvalue weighted by Crippen LogP contribution is 2.26. The molecule has 0 aromatic heterocycles. The van der Waals surface area contributed by atoms with Crippen LogP contribution < -0.4 is 20.6 Å². The van der Waals surface area contributed by atoms with Gasteiger partial charge >= 0.3 is 5.95 Å². The fourth-order valence-corrected chi connectivity index (χ4v) is 4.44. The fraction of sp³-hybridized carbons (Fsp3) is 0.550. The molecule has 2 atom stereocenters. The summed E-state index contributed by atoms with van der Waals surface area (Å²) in [5.41, 5.74) is 0. The zero-order valence-electron chi connectivity index (χ0n) is 17.3. The molecule has 3 heterocycles. The summed E-state index contributed by atoms with van der Waals surface area (Å²) in [5.74, 6) is 1.85. The molecule has 0 amide bonds. The maximum atomic E-state index is 13.7. The Labute approximate surface area is 188 Å². The predicted molar refractivity (Wildman–Crippen MR) is 117 cm³/mol. The Kier molecular flexibility index (Phi) is 6.43. The van der Waals surface area contributed by atoms with Gasteiger partial charge in [-0.25, -0.2) is 4.39 Å². The van der Waals surface area contributed by atoms with Crippen LogP contribution in [0.5, 0.6) is 5.75 Å². The molecule has 0 bridgehead atoms. The van der Waals surface area contributed by atoms with Crippen molar-refractivity contribution in [1.82, 2.24) is 20.0 Å². The highest BCUT2D eigenvalue weighted by atomic mass is 79.9. The summed E-state index contributed by atoms with van der Waals surface area (Å²) in [6.07, 6.45) is 1.50. The summed E-state index contributed by atoms with van der Waals surface area (Å²) in [6, 6.07) is 1.84. The van der Waals surface area contributed by atoms with E-state index < -0.39 is 6.17 Å². The highest BCUT2D eigenvalue weighted by molar-refractivity contribution is 9.10. The second kappa shape index (κ2) is 8.90. The van der Waals surface area contributed by atoms with Crippen LogP contribution in [0.4, 0.5) is 4.39 Å². The third kappa shape index (κ3) is 4.39. The first-order chi connectivity index (χ1) is 14.3. The molecule has 1 saturated heterocycles. The lowest BCUT2D eigenvalue weighted by molar-refractivity contribution is 0.0674. The number of hydrogen-bond donors (Lipinski definition) is 1. The molecule has 0 spiro atoms. The number of hydrogen-bond acceptors (Lipinski definition) is 7. The third-order valence-electron chi connectivity index (χ3n) is 5.48. The second-order valence-corrected chi connectivity index (χ2v) is 9.25. The zero-order valence-corrected chi connectivity index (χ0v) is 19.6. The van der Waals surface area contributed by atoms with Gasteiger partial charge in [0.25, 0.3) is 0 Å². The lowest BCUT2D eigenvalue weighted by Crippen LogP contribution is -2.45. The Morgan fingerprint density at radius 3 is 2.97 bits per heavy atom. The highest BCUT2D eigenvalue weighted by Gasteiger charge is 2.31. The minimum atomic E-state index is -0.814. The largest absolute Gasteiger partial charge is 0.462 e. The van der Waals surface area contributed by atoms with Gasteiger partial charge in [-0.3, -0.25) is 9.89 Å². The number of likely N-dealkylation sites (tertiary alicyclic amines) is 1. The monoisotopic (exact) mass is 501 g/mol. The molecule has 3 aliphatic rings. The van der Waals surface area contributed by atoms with E-state index >= 15 is 0 Å². The van der Waals surface area contributed by atoms with Crippen molar-refractivity contribution in [2.24, 2.45) is 4.99 Å². The standard InChI is InChI=1S/C20H26BrClFN5O2/c1-26(2)4-5-28-9-16(29-10-13-6-12(23)8-27(13)3)30-15-7-14(21)18(22)19-17(15)20(28)25-11-24-19/h7,9,12-13,25H,4-6,8,10-11H2,1-3H3/t12-,13+/m1/s1. The van der Waals surface area contributed by atoms with E-state index in [1.807, 2.05) is 38.3 Å². The number of benzene rings is 1. The number of alkyl halides is 1. The summed E-state index contributed by atoms with van der Waals surface area (Å²) in [4.78, 5) is 10.7. The number of halogens is 3. The molecule has 1 aromatic rings. The van der Waals surface area contributed by atoms with Crippen LogP contribution in [0.2, 0.25) is 5.02 Å². The van der Waals surface area contributed by atoms with E-state index in [0.717, 1.165) is 17.6 Å². The first kappa shape index (κ1) is 21.7.